The Labute approximate surface area is 80.9 Å². The van der Waals surface area contributed by atoms with Crippen molar-refractivity contribution in [1.29, 1.82) is 0 Å². The van der Waals surface area contributed by atoms with Gasteiger partial charge in [-0.25, -0.2) is 4.79 Å². The number of aliphatic hydroxyl groups is 1. The number of ether oxygens (including phenoxy) is 1. The number of hydrogen-bond acceptors (Lipinski definition) is 3. The van der Waals surface area contributed by atoms with E-state index in [0.29, 0.717) is 16.1 Å². The van der Waals surface area contributed by atoms with E-state index in [0.717, 1.165) is 6.61 Å². The Morgan fingerprint density at radius 3 is 2.77 bits per heavy atom. The maximum atomic E-state index is 11.1. The number of esters is 1. The lowest BCUT2D eigenvalue weighted by molar-refractivity contribution is 0.0600. The van der Waals surface area contributed by atoms with E-state index in [1.54, 1.807) is 0 Å². The fourth-order valence-electron chi connectivity index (χ4n) is 0.923. The Kier molecular flexibility index (Phi) is 3.28. The van der Waals surface area contributed by atoms with E-state index in [1.165, 1.54) is 25.3 Å². The van der Waals surface area contributed by atoms with Crippen LogP contribution in [0, 0.1) is 6.61 Å². The first-order valence-electron chi connectivity index (χ1n) is 3.53. The molecule has 0 fully saturated rings. The standard InChI is InChI=1S/C9H8ClO3/c1-13-9(12)7-2-6(5-11)3-8(10)4-7/h2-5,11H,1H3. The number of rotatable bonds is 2. The first-order chi connectivity index (χ1) is 6.17. The molecule has 0 bridgehead atoms. The molecule has 4 heteroatoms. The van der Waals surface area contributed by atoms with Gasteiger partial charge >= 0.3 is 5.97 Å². The monoisotopic (exact) mass is 199 g/mol. The number of benzene rings is 1. The lowest BCUT2D eigenvalue weighted by atomic mass is 10.1. The van der Waals surface area contributed by atoms with Crippen LogP contribution in [0.2, 0.25) is 5.02 Å². The van der Waals surface area contributed by atoms with Gasteiger partial charge in [0.2, 0.25) is 0 Å². The van der Waals surface area contributed by atoms with E-state index in [2.05, 4.69) is 4.74 Å². The average molecular weight is 200 g/mol. The number of halogens is 1. The summed E-state index contributed by atoms with van der Waals surface area (Å²) >= 11 is 5.69. The molecule has 69 valence electrons. The molecular formula is C9H8ClO3. The van der Waals surface area contributed by atoms with Crippen LogP contribution in [0.25, 0.3) is 0 Å². The molecule has 0 aliphatic rings. The summed E-state index contributed by atoms with van der Waals surface area (Å²) in [6.07, 6.45) is 0. The zero-order chi connectivity index (χ0) is 9.84. The third kappa shape index (κ3) is 2.44. The van der Waals surface area contributed by atoms with Crippen LogP contribution in [0.15, 0.2) is 18.2 Å². The molecule has 1 rings (SSSR count). The minimum Gasteiger partial charge on any atom is -0.465 e. The molecule has 3 nitrogen and oxygen atoms in total. The Morgan fingerprint density at radius 1 is 1.54 bits per heavy atom. The van der Waals surface area contributed by atoms with Crippen molar-refractivity contribution in [2.75, 3.05) is 7.11 Å². The van der Waals surface area contributed by atoms with Gasteiger partial charge in [-0.15, -0.1) is 0 Å². The van der Waals surface area contributed by atoms with Gasteiger partial charge < -0.3 is 9.84 Å². The summed E-state index contributed by atoms with van der Waals surface area (Å²) in [4.78, 5) is 11.1. The summed E-state index contributed by atoms with van der Waals surface area (Å²) in [7, 11) is 1.28. The number of hydrogen-bond donors (Lipinski definition) is 1. The van der Waals surface area contributed by atoms with Gasteiger partial charge in [-0.2, -0.15) is 0 Å². The van der Waals surface area contributed by atoms with Gasteiger partial charge in [-0.1, -0.05) is 11.6 Å². The Bertz CT molecular complexity index is 323. The smallest absolute Gasteiger partial charge is 0.337 e. The Morgan fingerprint density at radius 2 is 2.23 bits per heavy atom. The molecule has 1 aromatic rings. The molecular weight excluding hydrogens is 192 g/mol. The molecule has 0 atom stereocenters. The Balaban J connectivity index is 3.08. The van der Waals surface area contributed by atoms with Gasteiger partial charge in [0.15, 0.2) is 0 Å². The quantitative estimate of drug-likeness (QED) is 0.742. The number of methoxy groups -OCH3 is 1. The number of carbonyl (C=O) groups excluding carboxylic acids is 1. The van der Waals surface area contributed by atoms with E-state index in [9.17, 15) is 4.79 Å². The van der Waals surface area contributed by atoms with Crippen LogP contribution < -0.4 is 0 Å². The van der Waals surface area contributed by atoms with Crippen LogP contribution in [-0.4, -0.2) is 18.2 Å². The molecule has 1 aromatic carbocycles. The maximum absolute atomic E-state index is 11.1. The molecule has 0 aliphatic carbocycles. The first kappa shape index (κ1) is 10.0. The van der Waals surface area contributed by atoms with Crippen molar-refractivity contribution < 1.29 is 14.6 Å². The topological polar surface area (TPSA) is 46.5 Å². The minimum absolute atomic E-state index is 0.315. The van der Waals surface area contributed by atoms with Crippen molar-refractivity contribution in [3.63, 3.8) is 0 Å². The molecule has 1 N–H and O–H groups in total. The van der Waals surface area contributed by atoms with Gasteiger partial charge in [0.05, 0.1) is 12.7 Å². The van der Waals surface area contributed by atoms with E-state index < -0.39 is 5.97 Å². The minimum atomic E-state index is -0.481. The van der Waals surface area contributed by atoms with Gasteiger partial charge in [0.1, 0.15) is 6.61 Å². The Hall–Kier alpha value is -1.06. The third-order valence-electron chi connectivity index (χ3n) is 1.49. The predicted molar refractivity (Wildman–Crippen MR) is 48.1 cm³/mol. The molecule has 0 aromatic heterocycles. The van der Waals surface area contributed by atoms with Gasteiger partial charge in [-0.3, -0.25) is 0 Å². The van der Waals surface area contributed by atoms with Crippen LogP contribution in [0.3, 0.4) is 0 Å². The second kappa shape index (κ2) is 4.25. The molecule has 13 heavy (non-hydrogen) atoms. The van der Waals surface area contributed by atoms with Crippen LogP contribution in [-0.2, 0) is 4.74 Å². The van der Waals surface area contributed by atoms with Crippen LogP contribution in [0.1, 0.15) is 15.9 Å². The highest BCUT2D eigenvalue weighted by molar-refractivity contribution is 6.31. The molecule has 0 unspecified atom stereocenters. The fourth-order valence-corrected chi connectivity index (χ4v) is 1.17. The summed E-state index contributed by atoms with van der Waals surface area (Å²) < 4.78 is 4.50. The van der Waals surface area contributed by atoms with Crippen LogP contribution in [0.5, 0.6) is 0 Å². The number of aliphatic hydroxyl groups excluding tert-OH is 1. The van der Waals surface area contributed by atoms with Gasteiger partial charge in [0.25, 0.3) is 0 Å². The van der Waals surface area contributed by atoms with Crippen molar-refractivity contribution in [3.8, 4) is 0 Å². The largest absolute Gasteiger partial charge is 0.465 e. The van der Waals surface area contributed by atoms with Crippen molar-refractivity contribution in [1.82, 2.24) is 0 Å². The molecule has 0 amide bonds. The highest BCUT2D eigenvalue weighted by Crippen LogP contribution is 2.16. The van der Waals surface area contributed by atoms with Gasteiger partial charge in [-0.05, 0) is 23.8 Å². The van der Waals surface area contributed by atoms with E-state index >= 15 is 0 Å². The van der Waals surface area contributed by atoms with Crippen LogP contribution >= 0.6 is 11.6 Å². The summed E-state index contributed by atoms with van der Waals surface area (Å²) in [5.41, 5.74) is 0.781. The zero-order valence-electron chi connectivity index (χ0n) is 6.95. The molecule has 0 heterocycles. The normalized spacial score (nSPS) is 9.77. The van der Waals surface area contributed by atoms with Crippen LogP contribution in [0.4, 0.5) is 0 Å². The third-order valence-corrected chi connectivity index (χ3v) is 1.71. The average Bonchev–Trinajstić information content (AvgIpc) is 2.15. The molecule has 0 saturated heterocycles. The van der Waals surface area contributed by atoms with E-state index in [-0.39, 0.29) is 0 Å². The highest BCUT2D eigenvalue weighted by atomic mass is 35.5. The lowest BCUT2D eigenvalue weighted by Crippen LogP contribution is -2.01. The van der Waals surface area contributed by atoms with Gasteiger partial charge in [0, 0.05) is 5.02 Å². The lowest BCUT2D eigenvalue weighted by Gasteiger charge is -2.02. The first-order valence-corrected chi connectivity index (χ1v) is 3.91. The molecule has 0 saturated carbocycles. The highest BCUT2D eigenvalue weighted by Gasteiger charge is 2.07. The predicted octanol–water partition coefficient (Wildman–Crippen LogP) is 2.01. The number of carbonyl (C=O) groups is 1. The van der Waals surface area contributed by atoms with Crippen molar-refractivity contribution in [3.05, 3.63) is 41.0 Å². The zero-order valence-corrected chi connectivity index (χ0v) is 7.71. The van der Waals surface area contributed by atoms with Crippen molar-refractivity contribution in [2.24, 2.45) is 0 Å². The summed E-state index contributed by atoms with van der Waals surface area (Å²) in [5, 5.41) is 9.08. The summed E-state index contributed by atoms with van der Waals surface area (Å²) in [6, 6.07) is 4.49. The molecule has 0 aliphatic heterocycles. The van der Waals surface area contributed by atoms with Crippen molar-refractivity contribution >= 4 is 17.6 Å². The van der Waals surface area contributed by atoms with E-state index in [1.807, 2.05) is 0 Å². The second-order valence-electron chi connectivity index (χ2n) is 2.39. The fraction of sp³-hybridized carbons (Fsp3) is 0.111. The van der Waals surface area contributed by atoms with E-state index in [4.69, 9.17) is 16.7 Å². The summed E-state index contributed by atoms with van der Waals surface area (Å²) in [5.74, 6) is -0.481. The van der Waals surface area contributed by atoms with Crippen molar-refractivity contribution in [2.45, 2.75) is 0 Å². The SMILES string of the molecule is COC(=O)c1cc(Cl)cc([CH]O)c1. The molecule has 1 radical (unpaired) electrons. The maximum Gasteiger partial charge on any atom is 0.337 e. The summed E-state index contributed by atoms with van der Waals surface area (Å²) in [6.45, 7) is 0.873. The molecule has 0 spiro atoms. The second-order valence-corrected chi connectivity index (χ2v) is 2.83.